The Labute approximate surface area is 156 Å². The maximum absolute atomic E-state index is 10.7. The third kappa shape index (κ3) is 3.03. The number of nitrogen functional groups attached to an aromatic ring is 1. The fraction of sp³-hybridized carbons (Fsp3) is 0.300. The topological polar surface area (TPSA) is 91.7 Å². The number of rotatable bonds is 4. The lowest BCUT2D eigenvalue weighted by atomic mass is 10.1. The summed E-state index contributed by atoms with van der Waals surface area (Å²) < 4.78 is 5.98. The van der Waals surface area contributed by atoms with E-state index in [1.807, 2.05) is 18.2 Å². The van der Waals surface area contributed by atoms with Crippen LogP contribution in [0.4, 0.5) is 0 Å². The average Bonchev–Trinajstić information content (AvgIpc) is 3.24. The summed E-state index contributed by atoms with van der Waals surface area (Å²) in [7, 11) is 0. The van der Waals surface area contributed by atoms with Crippen LogP contribution in [0.1, 0.15) is 42.9 Å². The molecule has 4 rings (SSSR count). The molecule has 1 saturated carbocycles. The molecule has 2 aromatic carbocycles. The lowest BCUT2D eigenvalue weighted by molar-refractivity contribution is 0.201. The van der Waals surface area contributed by atoms with Gasteiger partial charge in [0.1, 0.15) is 5.84 Å². The van der Waals surface area contributed by atoms with Crippen molar-refractivity contribution < 1.29 is 9.84 Å². The molecule has 1 fully saturated rings. The Balaban J connectivity index is 1.69. The minimum absolute atomic E-state index is 0.0792. The fourth-order valence-electron chi connectivity index (χ4n) is 3.61. The second-order valence-corrected chi connectivity index (χ2v) is 7.17. The number of nitrogens with zero attached hydrogens (tertiary/aromatic N) is 1. The number of amidine groups is 1. The van der Waals surface area contributed by atoms with E-state index in [4.69, 9.17) is 27.5 Å². The normalized spacial score (nSPS) is 18.9. The number of nitrogens with two attached hydrogens (primary N) is 1. The van der Waals surface area contributed by atoms with Crippen LogP contribution in [0.3, 0.4) is 0 Å². The third-order valence-electron chi connectivity index (χ3n) is 4.97. The Morgan fingerprint density at radius 1 is 1.27 bits per heavy atom. The minimum atomic E-state index is -0.324. The Kier molecular flexibility index (Phi) is 4.32. The summed E-state index contributed by atoms with van der Waals surface area (Å²) in [6.45, 7) is 0. The molecule has 26 heavy (non-hydrogen) atoms. The van der Waals surface area contributed by atoms with Crippen molar-refractivity contribution >= 4 is 23.5 Å². The molecule has 1 aliphatic heterocycles. The summed E-state index contributed by atoms with van der Waals surface area (Å²) in [5.41, 5.74) is 6.75. The van der Waals surface area contributed by atoms with E-state index in [0.29, 0.717) is 21.9 Å². The van der Waals surface area contributed by atoms with Gasteiger partial charge in [-0.15, -0.1) is 0 Å². The number of nitrogens with one attached hydrogen (secondary N) is 1. The highest BCUT2D eigenvalue weighted by Crippen LogP contribution is 2.38. The summed E-state index contributed by atoms with van der Waals surface area (Å²) in [4.78, 5) is 4.65. The second-order valence-electron chi connectivity index (χ2n) is 6.76. The van der Waals surface area contributed by atoms with Gasteiger partial charge in [0, 0.05) is 11.1 Å². The molecule has 6 heteroatoms. The number of phenolic OH excluding ortho intramolecular Hbond substituents is 1. The molecule has 4 N–H and O–H groups in total. The van der Waals surface area contributed by atoms with Crippen LogP contribution in [-0.4, -0.2) is 17.0 Å². The van der Waals surface area contributed by atoms with Crippen molar-refractivity contribution in [3.8, 4) is 11.5 Å². The zero-order valence-corrected chi connectivity index (χ0v) is 15.0. The van der Waals surface area contributed by atoms with Crippen molar-refractivity contribution in [1.29, 1.82) is 5.41 Å². The van der Waals surface area contributed by atoms with E-state index in [0.717, 1.165) is 23.4 Å². The molecule has 5 nitrogen and oxygen atoms in total. The van der Waals surface area contributed by atoms with Crippen molar-refractivity contribution in [3.05, 3.63) is 57.1 Å². The van der Waals surface area contributed by atoms with Gasteiger partial charge >= 0.3 is 0 Å². The van der Waals surface area contributed by atoms with E-state index >= 15 is 0 Å². The van der Waals surface area contributed by atoms with Crippen LogP contribution in [0.25, 0.3) is 6.08 Å². The largest absolute Gasteiger partial charge is 0.504 e. The van der Waals surface area contributed by atoms with Crippen molar-refractivity contribution in [2.45, 2.75) is 37.8 Å². The van der Waals surface area contributed by atoms with Crippen molar-refractivity contribution in [2.75, 3.05) is 0 Å². The summed E-state index contributed by atoms with van der Waals surface area (Å²) in [6, 6.07) is 8.67. The zero-order chi connectivity index (χ0) is 18.3. The van der Waals surface area contributed by atoms with Crippen LogP contribution in [0.15, 0.2) is 35.3 Å². The summed E-state index contributed by atoms with van der Waals surface area (Å²) >= 11 is 6.18. The zero-order valence-electron chi connectivity index (χ0n) is 14.2. The van der Waals surface area contributed by atoms with Gasteiger partial charge in [-0.25, -0.2) is 0 Å². The van der Waals surface area contributed by atoms with Crippen LogP contribution < -0.4 is 21.0 Å². The lowest BCUT2D eigenvalue weighted by Gasteiger charge is -2.17. The molecule has 0 aromatic heterocycles. The van der Waals surface area contributed by atoms with Crippen molar-refractivity contribution in [2.24, 2.45) is 10.7 Å². The predicted molar refractivity (Wildman–Crippen MR) is 101 cm³/mol. The van der Waals surface area contributed by atoms with Gasteiger partial charge in [-0.1, -0.05) is 23.7 Å². The van der Waals surface area contributed by atoms with E-state index in [1.54, 1.807) is 18.2 Å². The number of aromatic hydroxyl groups is 1. The number of para-hydroxylation sites is 1. The molecule has 0 amide bonds. The molecule has 1 atom stereocenters. The molecule has 0 radical (unpaired) electrons. The number of fused-ring (bicyclic) bond motifs is 1. The van der Waals surface area contributed by atoms with E-state index in [1.165, 1.54) is 12.8 Å². The quantitative estimate of drug-likeness (QED) is 0.571. The monoisotopic (exact) mass is 369 g/mol. The smallest absolute Gasteiger partial charge is 0.163 e. The van der Waals surface area contributed by atoms with E-state index in [-0.39, 0.29) is 23.7 Å². The fourth-order valence-corrected chi connectivity index (χ4v) is 3.87. The number of halogens is 1. The summed E-state index contributed by atoms with van der Waals surface area (Å²) in [5, 5.41) is 20.3. The van der Waals surface area contributed by atoms with Crippen LogP contribution >= 0.6 is 11.6 Å². The highest BCUT2D eigenvalue weighted by molar-refractivity contribution is 6.33. The molecule has 0 saturated heterocycles. The average molecular weight is 370 g/mol. The molecule has 0 spiro atoms. The summed E-state index contributed by atoms with van der Waals surface area (Å²) in [5.74, 6) is 0.566. The third-order valence-corrected chi connectivity index (χ3v) is 5.28. The van der Waals surface area contributed by atoms with Gasteiger partial charge in [-0.05, 0) is 55.2 Å². The van der Waals surface area contributed by atoms with E-state index in [9.17, 15) is 5.11 Å². The first kappa shape index (κ1) is 16.9. The Morgan fingerprint density at radius 2 is 2.04 bits per heavy atom. The van der Waals surface area contributed by atoms with Gasteiger partial charge in [-0.3, -0.25) is 10.4 Å². The molecule has 2 aromatic rings. The number of hydrogen-bond acceptors (Lipinski definition) is 4. The van der Waals surface area contributed by atoms with Crippen LogP contribution in [-0.2, 0) is 0 Å². The SMILES string of the molecule is N=C(N)c1cc2c(cc1Cl)=NC(c1cccc(OC3CCCC3)c1O)C=2. The Morgan fingerprint density at radius 3 is 2.77 bits per heavy atom. The maximum atomic E-state index is 10.7. The highest BCUT2D eigenvalue weighted by atomic mass is 35.5. The van der Waals surface area contributed by atoms with Gasteiger partial charge in [0.15, 0.2) is 11.5 Å². The molecule has 1 aliphatic carbocycles. The van der Waals surface area contributed by atoms with Gasteiger partial charge < -0.3 is 15.6 Å². The van der Waals surface area contributed by atoms with Crippen LogP contribution in [0, 0.1) is 5.41 Å². The van der Waals surface area contributed by atoms with Crippen LogP contribution in [0.5, 0.6) is 11.5 Å². The summed E-state index contributed by atoms with van der Waals surface area (Å²) in [6.07, 6.45) is 6.52. The van der Waals surface area contributed by atoms with E-state index < -0.39 is 0 Å². The van der Waals surface area contributed by atoms with Gasteiger partial charge in [-0.2, -0.15) is 0 Å². The van der Waals surface area contributed by atoms with Crippen LogP contribution in [0.2, 0.25) is 5.02 Å². The molecule has 134 valence electrons. The molecular formula is C20H20ClN3O2. The molecule has 2 aliphatic rings. The Bertz CT molecular complexity index is 997. The number of hydrogen-bond donors (Lipinski definition) is 3. The van der Waals surface area contributed by atoms with Gasteiger partial charge in [0.25, 0.3) is 0 Å². The standard InChI is InChI=1S/C20H20ClN3O2/c21-15-10-16-11(8-14(15)20(22)23)9-17(24-16)13-6-3-7-18(19(13)25)26-12-4-1-2-5-12/h3,6-10,12,17,25H,1-2,4-5H2,(H3,22,23). The molecule has 0 bridgehead atoms. The molecular weight excluding hydrogens is 350 g/mol. The van der Waals surface area contributed by atoms with E-state index in [2.05, 4.69) is 4.99 Å². The first-order chi connectivity index (χ1) is 12.5. The first-order valence-electron chi connectivity index (χ1n) is 8.75. The predicted octanol–water partition coefficient (Wildman–Crippen LogP) is 2.81. The van der Waals surface area contributed by atoms with Gasteiger partial charge in [0.05, 0.1) is 22.5 Å². The second kappa shape index (κ2) is 6.65. The number of phenols is 1. The Hall–Kier alpha value is -2.53. The van der Waals surface area contributed by atoms with Crippen molar-refractivity contribution in [1.82, 2.24) is 0 Å². The molecule has 1 unspecified atom stereocenters. The number of benzene rings is 2. The van der Waals surface area contributed by atoms with Gasteiger partial charge in [0.2, 0.25) is 0 Å². The molecule has 1 heterocycles. The lowest BCUT2D eigenvalue weighted by Crippen LogP contribution is -2.25. The minimum Gasteiger partial charge on any atom is -0.504 e. The maximum Gasteiger partial charge on any atom is 0.163 e. The number of ether oxygens (including phenoxy) is 1. The highest BCUT2D eigenvalue weighted by Gasteiger charge is 2.22. The van der Waals surface area contributed by atoms with Crippen molar-refractivity contribution in [3.63, 3.8) is 0 Å². The first-order valence-corrected chi connectivity index (χ1v) is 9.13.